The maximum absolute atomic E-state index is 13.1. The van der Waals surface area contributed by atoms with Gasteiger partial charge in [0.1, 0.15) is 6.04 Å². The first-order valence-corrected chi connectivity index (χ1v) is 11.0. The molecule has 0 saturated carbocycles. The summed E-state index contributed by atoms with van der Waals surface area (Å²) in [5, 5.41) is 5.80. The van der Waals surface area contributed by atoms with E-state index >= 15 is 0 Å². The third-order valence-corrected chi connectivity index (χ3v) is 5.40. The molecule has 1 aromatic carbocycles. The van der Waals surface area contributed by atoms with Crippen LogP contribution in [0.2, 0.25) is 0 Å². The Balaban J connectivity index is 1.84. The lowest BCUT2D eigenvalue weighted by atomic mass is 10.0. The van der Waals surface area contributed by atoms with Crippen LogP contribution in [0.3, 0.4) is 0 Å². The molecule has 1 aliphatic rings. The number of carbonyl (C=O) groups excluding carboxylic acids is 3. The number of nitrogens with one attached hydrogen (secondary N) is 2. The number of carbonyl (C=O) groups is 3. The summed E-state index contributed by atoms with van der Waals surface area (Å²) in [4.78, 5) is 41.6. The number of piperazine rings is 1. The quantitative estimate of drug-likeness (QED) is 0.539. The molecule has 0 spiro atoms. The molecule has 0 aromatic heterocycles. The van der Waals surface area contributed by atoms with E-state index in [1.165, 1.54) is 0 Å². The Morgan fingerprint density at radius 3 is 2.45 bits per heavy atom. The van der Waals surface area contributed by atoms with Crippen molar-refractivity contribution in [3.05, 3.63) is 35.4 Å². The zero-order chi connectivity index (χ0) is 22.8. The van der Waals surface area contributed by atoms with Gasteiger partial charge in [0.2, 0.25) is 11.8 Å². The zero-order valence-electron chi connectivity index (χ0n) is 19.1. The SMILES string of the molecule is COCCCNC(=O)CN1CCN(C(=O)C(NC(=O)c2cccc(C)c2)C(C)C)CC1. The summed E-state index contributed by atoms with van der Waals surface area (Å²) >= 11 is 0. The molecule has 1 heterocycles. The molecule has 0 bridgehead atoms. The zero-order valence-corrected chi connectivity index (χ0v) is 19.1. The van der Waals surface area contributed by atoms with Gasteiger partial charge in [0.05, 0.1) is 6.54 Å². The monoisotopic (exact) mass is 432 g/mol. The van der Waals surface area contributed by atoms with Crippen LogP contribution in [-0.2, 0) is 14.3 Å². The van der Waals surface area contributed by atoms with Crippen molar-refractivity contribution in [2.45, 2.75) is 33.2 Å². The molecule has 1 unspecified atom stereocenters. The van der Waals surface area contributed by atoms with Crippen LogP contribution in [0.4, 0.5) is 0 Å². The van der Waals surface area contributed by atoms with E-state index in [0.717, 1.165) is 12.0 Å². The molecule has 0 aliphatic carbocycles. The predicted molar refractivity (Wildman–Crippen MR) is 120 cm³/mol. The van der Waals surface area contributed by atoms with E-state index < -0.39 is 6.04 Å². The Kier molecular flexibility index (Phi) is 9.94. The second kappa shape index (κ2) is 12.4. The van der Waals surface area contributed by atoms with Crippen LogP contribution in [0.15, 0.2) is 24.3 Å². The third-order valence-electron chi connectivity index (χ3n) is 5.40. The van der Waals surface area contributed by atoms with Crippen LogP contribution in [0.5, 0.6) is 0 Å². The Morgan fingerprint density at radius 1 is 1.13 bits per heavy atom. The van der Waals surface area contributed by atoms with Gasteiger partial charge < -0.3 is 20.3 Å². The fourth-order valence-electron chi connectivity index (χ4n) is 3.55. The fourth-order valence-corrected chi connectivity index (χ4v) is 3.55. The van der Waals surface area contributed by atoms with E-state index in [1.807, 2.05) is 43.9 Å². The normalized spacial score (nSPS) is 15.6. The van der Waals surface area contributed by atoms with Crippen LogP contribution in [0, 0.1) is 12.8 Å². The maximum Gasteiger partial charge on any atom is 0.251 e. The van der Waals surface area contributed by atoms with E-state index in [-0.39, 0.29) is 23.6 Å². The first-order valence-electron chi connectivity index (χ1n) is 11.0. The highest BCUT2D eigenvalue weighted by Gasteiger charge is 2.31. The minimum absolute atomic E-state index is 0.0126. The van der Waals surface area contributed by atoms with Crippen LogP contribution in [0.1, 0.15) is 36.2 Å². The molecule has 1 aromatic rings. The number of amides is 3. The number of ether oxygens (including phenoxy) is 1. The van der Waals surface area contributed by atoms with Crippen LogP contribution in [0.25, 0.3) is 0 Å². The van der Waals surface area contributed by atoms with Crippen molar-refractivity contribution in [2.75, 3.05) is 53.0 Å². The number of aryl methyl sites for hydroxylation is 1. The Hall–Kier alpha value is -2.45. The van der Waals surface area contributed by atoms with Gasteiger partial charge in [0.25, 0.3) is 5.91 Å². The third kappa shape index (κ3) is 7.95. The van der Waals surface area contributed by atoms with Gasteiger partial charge in [-0.15, -0.1) is 0 Å². The van der Waals surface area contributed by atoms with E-state index in [0.29, 0.717) is 51.4 Å². The number of benzene rings is 1. The van der Waals surface area contributed by atoms with Gasteiger partial charge >= 0.3 is 0 Å². The second-order valence-electron chi connectivity index (χ2n) is 8.36. The highest BCUT2D eigenvalue weighted by molar-refractivity contribution is 5.97. The van der Waals surface area contributed by atoms with E-state index in [1.54, 1.807) is 18.1 Å². The summed E-state index contributed by atoms with van der Waals surface area (Å²) < 4.78 is 4.97. The van der Waals surface area contributed by atoms with Crippen molar-refractivity contribution in [3.8, 4) is 0 Å². The van der Waals surface area contributed by atoms with E-state index in [9.17, 15) is 14.4 Å². The van der Waals surface area contributed by atoms with Crippen molar-refractivity contribution in [3.63, 3.8) is 0 Å². The molecule has 0 radical (unpaired) electrons. The fraction of sp³-hybridized carbons (Fsp3) is 0.609. The van der Waals surface area contributed by atoms with Crippen LogP contribution >= 0.6 is 0 Å². The Labute approximate surface area is 185 Å². The molecule has 3 amide bonds. The van der Waals surface area contributed by atoms with Crippen LogP contribution in [-0.4, -0.2) is 86.5 Å². The number of hydrogen-bond acceptors (Lipinski definition) is 5. The van der Waals surface area contributed by atoms with Gasteiger partial charge in [-0.05, 0) is 31.4 Å². The molecule has 2 N–H and O–H groups in total. The van der Waals surface area contributed by atoms with Crippen molar-refractivity contribution in [1.82, 2.24) is 20.4 Å². The lowest BCUT2D eigenvalue weighted by molar-refractivity contribution is -0.136. The average molecular weight is 433 g/mol. The number of methoxy groups -OCH3 is 1. The van der Waals surface area contributed by atoms with E-state index in [2.05, 4.69) is 10.6 Å². The highest BCUT2D eigenvalue weighted by atomic mass is 16.5. The lowest BCUT2D eigenvalue weighted by Crippen LogP contribution is -2.57. The lowest BCUT2D eigenvalue weighted by Gasteiger charge is -2.37. The van der Waals surface area contributed by atoms with Crippen molar-refractivity contribution < 1.29 is 19.1 Å². The summed E-state index contributed by atoms with van der Waals surface area (Å²) in [6.45, 7) is 9.70. The standard InChI is InChI=1S/C23H36N4O4/c1-17(2)21(25-22(29)19-8-5-7-18(3)15-19)23(30)27-12-10-26(11-13-27)16-20(28)24-9-6-14-31-4/h5,7-8,15,17,21H,6,9-14,16H2,1-4H3,(H,24,28)(H,25,29). The van der Waals surface area contributed by atoms with Gasteiger partial charge in [0, 0.05) is 52.0 Å². The number of nitrogens with zero attached hydrogens (tertiary/aromatic N) is 2. The van der Waals surface area contributed by atoms with Crippen molar-refractivity contribution >= 4 is 17.7 Å². The summed E-state index contributed by atoms with van der Waals surface area (Å²) in [6, 6.07) is 6.76. The molecule has 172 valence electrons. The molecular weight excluding hydrogens is 396 g/mol. The highest BCUT2D eigenvalue weighted by Crippen LogP contribution is 2.12. The van der Waals surface area contributed by atoms with Crippen molar-refractivity contribution in [2.24, 2.45) is 5.92 Å². The second-order valence-corrected chi connectivity index (χ2v) is 8.36. The van der Waals surface area contributed by atoms with Gasteiger partial charge in [-0.25, -0.2) is 0 Å². The first-order chi connectivity index (χ1) is 14.8. The molecular formula is C23H36N4O4. The van der Waals surface area contributed by atoms with E-state index in [4.69, 9.17) is 4.74 Å². The molecule has 1 fully saturated rings. The summed E-state index contributed by atoms with van der Waals surface area (Å²) in [5.41, 5.74) is 1.55. The Morgan fingerprint density at radius 2 is 1.84 bits per heavy atom. The molecule has 31 heavy (non-hydrogen) atoms. The molecule has 1 saturated heterocycles. The molecule has 1 atom stereocenters. The molecule has 8 heteroatoms. The molecule has 1 aliphatic heterocycles. The number of rotatable bonds is 10. The number of hydrogen-bond donors (Lipinski definition) is 2. The van der Waals surface area contributed by atoms with Gasteiger partial charge in [0.15, 0.2) is 0 Å². The smallest absolute Gasteiger partial charge is 0.251 e. The minimum Gasteiger partial charge on any atom is -0.385 e. The molecule has 8 nitrogen and oxygen atoms in total. The van der Waals surface area contributed by atoms with Crippen LogP contribution < -0.4 is 10.6 Å². The van der Waals surface area contributed by atoms with Gasteiger partial charge in [-0.2, -0.15) is 0 Å². The maximum atomic E-state index is 13.1. The van der Waals surface area contributed by atoms with Gasteiger partial charge in [-0.1, -0.05) is 31.5 Å². The minimum atomic E-state index is -0.580. The first kappa shape index (κ1) is 24.8. The van der Waals surface area contributed by atoms with Crippen molar-refractivity contribution in [1.29, 1.82) is 0 Å². The average Bonchev–Trinajstić information content (AvgIpc) is 2.74. The van der Waals surface area contributed by atoms with Gasteiger partial charge in [-0.3, -0.25) is 19.3 Å². The predicted octanol–water partition coefficient (Wildman–Crippen LogP) is 1.05. The topological polar surface area (TPSA) is 91.0 Å². The largest absolute Gasteiger partial charge is 0.385 e. The summed E-state index contributed by atoms with van der Waals surface area (Å²) in [6.07, 6.45) is 0.787. The summed E-state index contributed by atoms with van der Waals surface area (Å²) in [5.74, 6) is -0.349. The molecule has 2 rings (SSSR count). The Bertz CT molecular complexity index is 745. The summed E-state index contributed by atoms with van der Waals surface area (Å²) in [7, 11) is 1.64.